The number of aromatic amines is 1. The fourth-order valence-electron chi connectivity index (χ4n) is 11.5. The van der Waals surface area contributed by atoms with Crippen molar-refractivity contribution in [3.05, 3.63) is 216 Å². The molecule has 64 heavy (non-hydrogen) atoms. The number of thiophene rings is 1. The van der Waals surface area contributed by atoms with Gasteiger partial charge in [-0.15, -0.1) is 11.3 Å². The summed E-state index contributed by atoms with van der Waals surface area (Å²) in [6.07, 6.45) is 0. The number of para-hydroxylation sites is 5. The Labute approximate surface area is 377 Å². The maximum absolute atomic E-state index is 3.97. The minimum absolute atomic E-state index is 0.310. The van der Waals surface area contributed by atoms with Crippen LogP contribution in [0.25, 0.3) is 64.2 Å². The van der Waals surface area contributed by atoms with Gasteiger partial charge < -0.3 is 14.8 Å². The normalized spacial score (nSPS) is 14.2. The number of fused-ring (bicyclic) bond motifs is 15. The van der Waals surface area contributed by atoms with Crippen LogP contribution < -0.4 is 9.80 Å². The lowest BCUT2D eigenvalue weighted by Gasteiger charge is -2.32. The maximum atomic E-state index is 3.97. The van der Waals surface area contributed by atoms with Crippen LogP contribution in [0.3, 0.4) is 0 Å². The summed E-state index contributed by atoms with van der Waals surface area (Å²) in [6.45, 7) is 9.91. The molecule has 4 heteroatoms. The molecule has 0 saturated heterocycles. The Hall–Kier alpha value is -7.40. The Balaban J connectivity index is 1.10. The minimum atomic E-state index is -0.322. The van der Waals surface area contributed by atoms with E-state index >= 15 is 0 Å². The molecular weight excluding hydrogens is 795 g/mol. The molecule has 9 aromatic carbocycles. The van der Waals surface area contributed by atoms with E-state index in [1.165, 1.54) is 81.1 Å². The van der Waals surface area contributed by atoms with Gasteiger partial charge in [0.2, 0.25) is 0 Å². The maximum Gasteiger partial charge on any atom is 0.0716 e. The smallest absolute Gasteiger partial charge is 0.0716 e. The Morgan fingerprint density at radius 3 is 1.42 bits per heavy atom. The van der Waals surface area contributed by atoms with Crippen LogP contribution in [0.1, 0.15) is 49.9 Å². The van der Waals surface area contributed by atoms with Crippen molar-refractivity contribution in [2.24, 2.45) is 0 Å². The van der Waals surface area contributed by atoms with Gasteiger partial charge >= 0.3 is 0 Å². The molecule has 13 rings (SSSR count). The molecule has 0 bridgehead atoms. The molecule has 1 N–H and O–H groups in total. The summed E-state index contributed by atoms with van der Waals surface area (Å²) >= 11 is 1.94. The molecule has 2 aromatic heterocycles. The summed E-state index contributed by atoms with van der Waals surface area (Å²) in [5.41, 5.74) is 19.6. The molecule has 2 aliphatic carbocycles. The third-order valence-corrected chi connectivity index (χ3v) is 15.5. The standard InChI is InChI=1S/C60H45N3S/c1-59(2)45-36-49(63(39-25-13-7-14-26-39)40-27-15-8-16-28-40)57-54(41-29-17-19-31-47(41)61-57)51(45)43-33-34-44-52-46(60(3,4)56(44)55(43)59)35-48(53-42-30-18-20-32-50(42)64-58(52)53)62(37-21-9-5-10-22-37)38-23-11-6-12-24-38/h5-36,61H,1-4H3. The van der Waals surface area contributed by atoms with Crippen LogP contribution in [-0.2, 0) is 10.8 Å². The van der Waals surface area contributed by atoms with Crippen LogP contribution >= 0.6 is 11.3 Å². The molecule has 0 unspecified atom stereocenters. The van der Waals surface area contributed by atoms with Crippen LogP contribution in [0, 0.1) is 0 Å². The number of anilines is 6. The lowest BCUT2D eigenvalue weighted by molar-refractivity contribution is 0.601. The summed E-state index contributed by atoms with van der Waals surface area (Å²) in [4.78, 5) is 8.88. The number of aromatic nitrogens is 1. The second kappa shape index (κ2) is 13.6. The molecular formula is C60H45N3S. The molecule has 0 aliphatic heterocycles. The van der Waals surface area contributed by atoms with E-state index in [4.69, 9.17) is 0 Å². The van der Waals surface area contributed by atoms with Gasteiger partial charge in [-0.2, -0.15) is 0 Å². The monoisotopic (exact) mass is 839 g/mol. The van der Waals surface area contributed by atoms with Gasteiger partial charge in [0.25, 0.3) is 0 Å². The van der Waals surface area contributed by atoms with Crippen LogP contribution in [-0.4, -0.2) is 4.98 Å². The third kappa shape index (κ3) is 5.09. The number of hydrogen-bond donors (Lipinski definition) is 1. The molecule has 0 atom stereocenters. The van der Waals surface area contributed by atoms with Gasteiger partial charge in [0.1, 0.15) is 0 Å². The van der Waals surface area contributed by atoms with Crippen molar-refractivity contribution in [3.8, 4) is 22.3 Å². The quantitative estimate of drug-likeness (QED) is 0.180. The van der Waals surface area contributed by atoms with E-state index < -0.39 is 0 Å². The molecule has 0 radical (unpaired) electrons. The van der Waals surface area contributed by atoms with E-state index in [0.717, 1.165) is 39.5 Å². The van der Waals surface area contributed by atoms with Gasteiger partial charge in [-0.05, 0) is 112 Å². The van der Waals surface area contributed by atoms with Crippen LogP contribution in [0.5, 0.6) is 0 Å². The molecule has 0 amide bonds. The second-order valence-corrected chi connectivity index (χ2v) is 19.6. The zero-order chi connectivity index (χ0) is 42.9. The van der Waals surface area contributed by atoms with E-state index in [1.54, 1.807) is 0 Å². The van der Waals surface area contributed by atoms with Crippen LogP contribution in [0.15, 0.2) is 194 Å². The molecule has 0 fully saturated rings. The van der Waals surface area contributed by atoms with Crippen molar-refractivity contribution in [1.82, 2.24) is 4.98 Å². The Bertz CT molecular complexity index is 3580. The second-order valence-electron chi connectivity index (χ2n) is 18.5. The van der Waals surface area contributed by atoms with Crippen molar-refractivity contribution >= 4 is 87.4 Å². The minimum Gasteiger partial charge on any atom is -0.353 e. The van der Waals surface area contributed by atoms with Gasteiger partial charge in [-0.1, -0.05) is 149 Å². The predicted molar refractivity (Wildman–Crippen MR) is 273 cm³/mol. The fraction of sp³-hybridized carbons (Fsp3) is 0.100. The molecule has 306 valence electrons. The van der Waals surface area contributed by atoms with Gasteiger partial charge in [-0.3, -0.25) is 0 Å². The number of H-pyrrole nitrogens is 1. The summed E-state index contributed by atoms with van der Waals surface area (Å²) in [5, 5.41) is 5.15. The highest BCUT2D eigenvalue weighted by Crippen LogP contribution is 2.64. The lowest BCUT2D eigenvalue weighted by Crippen LogP contribution is -2.24. The molecule has 11 aromatic rings. The number of nitrogens with zero attached hydrogens (tertiary/aromatic N) is 2. The average Bonchev–Trinajstić information content (AvgIpc) is 4.04. The Kier molecular flexibility index (Phi) is 7.87. The number of nitrogens with one attached hydrogen (secondary N) is 1. The largest absolute Gasteiger partial charge is 0.353 e. The van der Waals surface area contributed by atoms with Gasteiger partial charge in [0.15, 0.2) is 0 Å². The highest BCUT2D eigenvalue weighted by atomic mass is 32.1. The van der Waals surface area contributed by atoms with Gasteiger partial charge in [0, 0.05) is 75.6 Å². The van der Waals surface area contributed by atoms with Crippen LogP contribution in [0.2, 0.25) is 0 Å². The highest BCUT2D eigenvalue weighted by molar-refractivity contribution is 7.26. The van der Waals surface area contributed by atoms with E-state index in [-0.39, 0.29) is 10.8 Å². The zero-order valence-electron chi connectivity index (χ0n) is 36.3. The first-order valence-corrected chi connectivity index (χ1v) is 23.2. The molecule has 0 spiro atoms. The zero-order valence-corrected chi connectivity index (χ0v) is 37.1. The van der Waals surface area contributed by atoms with E-state index in [1.807, 2.05) is 11.3 Å². The van der Waals surface area contributed by atoms with E-state index in [0.29, 0.717) is 0 Å². The van der Waals surface area contributed by atoms with Crippen molar-refractivity contribution < 1.29 is 0 Å². The predicted octanol–water partition coefficient (Wildman–Crippen LogP) is 17.2. The Morgan fingerprint density at radius 1 is 0.422 bits per heavy atom. The molecule has 3 nitrogen and oxygen atoms in total. The summed E-state index contributed by atoms with van der Waals surface area (Å²) < 4.78 is 2.66. The number of hydrogen-bond acceptors (Lipinski definition) is 3. The molecule has 2 aliphatic rings. The number of rotatable bonds is 6. The van der Waals surface area contributed by atoms with Crippen molar-refractivity contribution in [1.29, 1.82) is 0 Å². The highest BCUT2D eigenvalue weighted by Gasteiger charge is 2.48. The first-order valence-electron chi connectivity index (χ1n) is 22.4. The van der Waals surface area contributed by atoms with Gasteiger partial charge in [-0.25, -0.2) is 0 Å². The van der Waals surface area contributed by atoms with Crippen molar-refractivity contribution in [2.75, 3.05) is 9.80 Å². The first kappa shape index (κ1) is 37.2. The Morgan fingerprint density at radius 2 is 0.859 bits per heavy atom. The SMILES string of the molecule is CC1(C)c2cc(N(c3ccccc3)c3ccccc3)c3c(sc4ccccc43)c2-c2ccc3c(c21)C(C)(C)c1cc(N(c2ccccc2)c2ccccc2)c2[nH]c4ccccc4c2c1-3. The van der Waals surface area contributed by atoms with Gasteiger partial charge in [0.05, 0.1) is 16.9 Å². The van der Waals surface area contributed by atoms with E-state index in [9.17, 15) is 0 Å². The summed E-state index contributed by atoms with van der Waals surface area (Å²) in [6, 6.07) is 71.3. The van der Waals surface area contributed by atoms with Crippen LogP contribution in [0.4, 0.5) is 34.1 Å². The first-order chi connectivity index (χ1) is 31.3. The van der Waals surface area contributed by atoms with Crippen molar-refractivity contribution in [3.63, 3.8) is 0 Å². The molecule has 2 heterocycles. The topological polar surface area (TPSA) is 22.3 Å². The third-order valence-electron chi connectivity index (χ3n) is 14.3. The van der Waals surface area contributed by atoms with Crippen molar-refractivity contribution in [2.45, 2.75) is 38.5 Å². The lowest BCUT2D eigenvalue weighted by atomic mass is 9.72. The summed E-state index contributed by atoms with van der Waals surface area (Å²) in [5.74, 6) is 0. The molecule has 0 saturated carbocycles. The number of benzene rings is 9. The summed E-state index contributed by atoms with van der Waals surface area (Å²) in [7, 11) is 0. The van der Waals surface area contributed by atoms with E-state index in [2.05, 4.69) is 237 Å². The average molecular weight is 840 g/mol. The fourth-order valence-corrected chi connectivity index (χ4v) is 12.8.